The van der Waals surface area contributed by atoms with E-state index in [1.807, 2.05) is 37.3 Å². The predicted molar refractivity (Wildman–Crippen MR) is 93.5 cm³/mol. The van der Waals surface area contributed by atoms with E-state index in [0.717, 1.165) is 10.0 Å². The lowest BCUT2D eigenvalue weighted by atomic mass is 10.2. The van der Waals surface area contributed by atoms with Gasteiger partial charge >= 0.3 is 0 Å². The fraction of sp³-hybridized carbons (Fsp3) is 0.118. The molecule has 0 aliphatic carbocycles. The quantitative estimate of drug-likeness (QED) is 0.769. The number of hydrogen-bond acceptors (Lipinski definition) is 3. The van der Waals surface area contributed by atoms with E-state index in [1.54, 1.807) is 12.1 Å². The van der Waals surface area contributed by atoms with Gasteiger partial charge in [0, 0.05) is 4.47 Å². The number of nitrogens with one attached hydrogen (secondary N) is 1. The lowest BCUT2D eigenvalue weighted by Crippen LogP contribution is -2.28. The second-order valence-corrected chi connectivity index (χ2v) is 6.06. The first-order valence-electron chi connectivity index (χ1n) is 7.05. The molecule has 116 valence electrons. The maximum absolute atomic E-state index is 12.3. The van der Waals surface area contributed by atoms with Crippen molar-refractivity contribution in [3.8, 4) is 0 Å². The predicted octanol–water partition coefficient (Wildman–Crippen LogP) is 3.11. The highest BCUT2D eigenvalue weighted by atomic mass is 79.9. The Kier molecular flexibility index (Phi) is 4.25. The van der Waals surface area contributed by atoms with E-state index in [9.17, 15) is 9.59 Å². The standard InChI is InChI=1S/C17H14BrN3O2/c1-11-6-7-13(12(18)8-11)20-16(22)10-21-15-5-3-2-4-14(15)19-9-17(21)23/h2-9H,10H2,1H3,(H,20,22). The van der Waals surface area contributed by atoms with Gasteiger partial charge in [-0.25, -0.2) is 4.98 Å². The van der Waals surface area contributed by atoms with Crippen LogP contribution in [0.2, 0.25) is 0 Å². The molecule has 5 nitrogen and oxygen atoms in total. The van der Waals surface area contributed by atoms with Gasteiger partial charge in [0.25, 0.3) is 5.56 Å². The van der Waals surface area contributed by atoms with Gasteiger partial charge in [-0.15, -0.1) is 0 Å². The third kappa shape index (κ3) is 3.32. The molecule has 0 saturated carbocycles. The summed E-state index contributed by atoms with van der Waals surface area (Å²) in [6.07, 6.45) is 1.23. The number of halogens is 1. The van der Waals surface area contributed by atoms with E-state index < -0.39 is 0 Å². The van der Waals surface area contributed by atoms with Crippen LogP contribution in [0.25, 0.3) is 11.0 Å². The fourth-order valence-corrected chi connectivity index (χ4v) is 2.93. The zero-order valence-electron chi connectivity index (χ0n) is 12.4. The van der Waals surface area contributed by atoms with Gasteiger partial charge in [-0.3, -0.25) is 14.2 Å². The maximum atomic E-state index is 12.3. The van der Waals surface area contributed by atoms with Crippen molar-refractivity contribution in [3.05, 3.63) is 69.1 Å². The molecule has 0 saturated heterocycles. The molecule has 1 N–H and O–H groups in total. The second kappa shape index (κ2) is 6.34. The normalized spacial score (nSPS) is 10.7. The molecule has 0 radical (unpaired) electrons. The van der Waals surface area contributed by atoms with Crippen molar-refractivity contribution < 1.29 is 4.79 Å². The lowest BCUT2D eigenvalue weighted by Gasteiger charge is -2.11. The molecule has 6 heteroatoms. The molecule has 3 rings (SSSR count). The summed E-state index contributed by atoms with van der Waals surface area (Å²) in [5, 5.41) is 2.81. The number of fused-ring (bicyclic) bond motifs is 1. The number of hydrogen-bond donors (Lipinski definition) is 1. The highest BCUT2D eigenvalue weighted by Gasteiger charge is 2.10. The van der Waals surface area contributed by atoms with E-state index in [-0.39, 0.29) is 18.0 Å². The van der Waals surface area contributed by atoms with Crippen LogP contribution < -0.4 is 10.9 Å². The van der Waals surface area contributed by atoms with E-state index >= 15 is 0 Å². The minimum atomic E-state index is -0.304. The topological polar surface area (TPSA) is 64.0 Å². The molecule has 0 aliphatic heterocycles. The Morgan fingerprint density at radius 2 is 2.04 bits per heavy atom. The minimum Gasteiger partial charge on any atom is -0.324 e. The zero-order valence-corrected chi connectivity index (χ0v) is 14.0. The van der Waals surface area contributed by atoms with E-state index in [2.05, 4.69) is 26.2 Å². The monoisotopic (exact) mass is 371 g/mol. The number of aromatic nitrogens is 2. The van der Waals surface area contributed by atoms with Crippen LogP contribution in [-0.4, -0.2) is 15.5 Å². The average Bonchev–Trinajstić information content (AvgIpc) is 2.53. The van der Waals surface area contributed by atoms with Crippen molar-refractivity contribution in [1.82, 2.24) is 9.55 Å². The van der Waals surface area contributed by atoms with Crippen molar-refractivity contribution in [2.45, 2.75) is 13.5 Å². The van der Waals surface area contributed by atoms with Crippen LogP contribution in [-0.2, 0) is 11.3 Å². The van der Waals surface area contributed by atoms with Gasteiger partial charge in [-0.1, -0.05) is 18.2 Å². The van der Waals surface area contributed by atoms with Crippen molar-refractivity contribution >= 4 is 38.6 Å². The molecule has 1 aromatic heterocycles. The number of rotatable bonds is 3. The minimum absolute atomic E-state index is 0.0673. The van der Waals surface area contributed by atoms with Gasteiger partial charge in [-0.2, -0.15) is 0 Å². The smallest absolute Gasteiger partial charge is 0.269 e. The molecule has 1 heterocycles. The van der Waals surface area contributed by atoms with Crippen LogP contribution in [0.4, 0.5) is 5.69 Å². The summed E-state index contributed by atoms with van der Waals surface area (Å²) in [5.74, 6) is -0.270. The van der Waals surface area contributed by atoms with E-state index in [1.165, 1.54) is 10.8 Å². The first-order chi connectivity index (χ1) is 11.0. The number of carbonyl (C=O) groups is 1. The summed E-state index contributed by atoms with van der Waals surface area (Å²) in [7, 11) is 0. The highest BCUT2D eigenvalue weighted by Crippen LogP contribution is 2.23. The van der Waals surface area contributed by atoms with Crippen LogP contribution in [0.5, 0.6) is 0 Å². The lowest BCUT2D eigenvalue weighted by molar-refractivity contribution is -0.116. The molecule has 1 amide bonds. The van der Waals surface area contributed by atoms with Gasteiger partial charge in [-0.05, 0) is 52.7 Å². The van der Waals surface area contributed by atoms with Gasteiger partial charge < -0.3 is 5.32 Å². The summed E-state index contributed by atoms with van der Waals surface area (Å²) in [5.41, 5.74) is 2.77. The molecule has 0 fully saturated rings. The molecular formula is C17H14BrN3O2. The third-order valence-corrected chi connectivity index (χ3v) is 4.11. The van der Waals surface area contributed by atoms with Gasteiger partial charge in [0.1, 0.15) is 6.54 Å². The molecule has 0 spiro atoms. The van der Waals surface area contributed by atoms with Gasteiger partial charge in [0.05, 0.1) is 22.9 Å². The Labute approximate surface area is 141 Å². The Morgan fingerprint density at radius 3 is 2.83 bits per heavy atom. The summed E-state index contributed by atoms with van der Waals surface area (Å²) < 4.78 is 2.22. The van der Waals surface area contributed by atoms with Crippen molar-refractivity contribution in [3.63, 3.8) is 0 Å². The fourth-order valence-electron chi connectivity index (χ4n) is 2.33. The Hall–Kier alpha value is -2.47. The van der Waals surface area contributed by atoms with Gasteiger partial charge in [0.15, 0.2) is 0 Å². The molecule has 23 heavy (non-hydrogen) atoms. The molecule has 0 unspecified atom stereocenters. The zero-order chi connectivity index (χ0) is 16.4. The van der Waals surface area contributed by atoms with Crippen molar-refractivity contribution in [2.24, 2.45) is 0 Å². The first kappa shape index (κ1) is 15.4. The van der Waals surface area contributed by atoms with Crippen LogP contribution in [0.15, 0.2) is 57.9 Å². The number of benzene rings is 2. The average molecular weight is 372 g/mol. The number of nitrogens with zero attached hydrogens (tertiary/aromatic N) is 2. The number of aryl methyl sites for hydroxylation is 1. The highest BCUT2D eigenvalue weighted by molar-refractivity contribution is 9.10. The molecule has 0 aliphatic rings. The van der Waals surface area contributed by atoms with Gasteiger partial charge in [0.2, 0.25) is 5.91 Å². The molecule has 3 aromatic rings. The second-order valence-electron chi connectivity index (χ2n) is 5.20. The summed E-state index contributed by atoms with van der Waals surface area (Å²) in [4.78, 5) is 28.4. The Bertz CT molecular complexity index is 950. The SMILES string of the molecule is Cc1ccc(NC(=O)Cn2c(=O)cnc3ccccc32)c(Br)c1. The molecule has 0 atom stereocenters. The number of carbonyl (C=O) groups excluding carboxylic acids is 1. The van der Waals surface area contributed by atoms with Crippen LogP contribution >= 0.6 is 15.9 Å². The number of amides is 1. The third-order valence-electron chi connectivity index (χ3n) is 3.45. The van der Waals surface area contributed by atoms with E-state index in [4.69, 9.17) is 0 Å². The molecule has 2 aromatic carbocycles. The maximum Gasteiger partial charge on any atom is 0.269 e. The van der Waals surface area contributed by atoms with Crippen LogP contribution in [0.1, 0.15) is 5.56 Å². The summed E-state index contributed by atoms with van der Waals surface area (Å²) in [6.45, 7) is 1.90. The molecule has 0 bridgehead atoms. The van der Waals surface area contributed by atoms with Crippen LogP contribution in [0, 0.1) is 6.92 Å². The van der Waals surface area contributed by atoms with E-state index in [0.29, 0.717) is 16.7 Å². The van der Waals surface area contributed by atoms with Crippen LogP contribution in [0.3, 0.4) is 0 Å². The summed E-state index contributed by atoms with van der Waals surface area (Å²) in [6, 6.07) is 12.9. The molecular weight excluding hydrogens is 358 g/mol. The number of anilines is 1. The first-order valence-corrected chi connectivity index (χ1v) is 7.84. The largest absolute Gasteiger partial charge is 0.324 e. The summed E-state index contributed by atoms with van der Waals surface area (Å²) >= 11 is 3.42. The number of para-hydroxylation sites is 2. The Morgan fingerprint density at radius 1 is 1.26 bits per heavy atom. The van der Waals surface area contributed by atoms with Crippen molar-refractivity contribution in [2.75, 3.05) is 5.32 Å². The van der Waals surface area contributed by atoms with Crippen molar-refractivity contribution in [1.29, 1.82) is 0 Å². The Balaban J connectivity index is 1.89.